The maximum absolute atomic E-state index is 12.4. The van der Waals surface area contributed by atoms with Crippen LogP contribution < -0.4 is 4.74 Å². The van der Waals surface area contributed by atoms with Gasteiger partial charge >= 0.3 is 6.36 Å². The van der Waals surface area contributed by atoms with Crippen LogP contribution in [0.15, 0.2) is 24.8 Å². The minimum absolute atomic E-state index is 0.180. The highest BCUT2D eigenvalue weighted by atomic mass is 19.4. The summed E-state index contributed by atoms with van der Waals surface area (Å²) in [5.74, 6) is 0.546. The largest absolute Gasteiger partial charge is 0.573 e. The van der Waals surface area contributed by atoms with E-state index < -0.39 is 6.36 Å². The van der Waals surface area contributed by atoms with Gasteiger partial charge in [0.15, 0.2) is 0 Å². The number of hydrogen-bond acceptors (Lipinski definition) is 2. The van der Waals surface area contributed by atoms with Crippen molar-refractivity contribution in [3.63, 3.8) is 0 Å². The van der Waals surface area contributed by atoms with E-state index in [1.54, 1.807) is 0 Å². The van der Waals surface area contributed by atoms with Gasteiger partial charge in [0.2, 0.25) is 0 Å². The van der Waals surface area contributed by atoms with Crippen molar-refractivity contribution >= 4 is 6.08 Å². The third-order valence-electron chi connectivity index (χ3n) is 3.74. The first kappa shape index (κ1) is 15.9. The van der Waals surface area contributed by atoms with Crippen molar-refractivity contribution in [2.45, 2.75) is 32.7 Å². The van der Waals surface area contributed by atoms with Crippen molar-refractivity contribution in [2.24, 2.45) is 5.92 Å². The van der Waals surface area contributed by atoms with Gasteiger partial charge in [0.05, 0.1) is 0 Å². The van der Waals surface area contributed by atoms with E-state index in [4.69, 9.17) is 0 Å². The van der Waals surface area contributed by atoms with E-state index in [9.17, 15) is 13.2 Å². The molecule has 0 saturated carbocycles. The lowest BCUT2D eigenvalue weighted by atomic mass is 9.98. The summed E-state index contributed by atoms with van der Waals surface area (Å²) in [7, 11) is 0. The Morgan fingerprint density at radius 2 is 1.95 bits per heavy atom. The lowest BCUT2D eigenvalue weighted by Gasteiger charge is -2.30. The Morgan fingerprint density at radius 1 is 1.29 bits per heavy atom. The maximum atomic E-state index is 12.4. The molecule has 2 nitrogen and oxygen atoms in total. The fraction of sp³-hybridized carbons (Fsp3) is 0.500. The zero-order valence-corrected chi connectivity index (χ0v) is 12.1. The van der Waals surface area contributed by atoms with E-state index >= 15 is 0 Å². The molecule has 2 rings (SSSR count). The Hall–Kier alpha value is -1.49. The van der Waals surface area contributed by atoms with Crippen molar-refractivity contribution in [1.29, 1.82) is 0 Å². The summed E-state index contributed by atoms with van der Waals surface area (Å²) in [5, 5.41) is 0. The molecule has 1 heterocycles. The second-order valence-electron chi connectivity index (χ2n) is 5.62. The van der Waals surface area contributed by atoms with Gasteiger partial charge in [-0.1, -0.05) is 25.6 Å². The molecular weight excluding hydrogens is 279 g/mol. The van der Waals surface area contributed by atoms with Crippen LogP contribution in [0.3, 0.4) is 0 Å². The Morgan fingerprint density at radius 3 is 2.52 bits per heavy atom. The van der Waals surface area contributed by atoms with Gasteiger partial charge in [-0.25, -0.2) is 0 Å². The molecule has 0 aliphatic carbocycles. The number of piperidine rings is 1. The molecule has 1 aliphatic heterocycles. The van der Waals surface area contributed by atoms with E-state index in [0.717, 1.165) is 37.4 Å². The van der Waals surface area contributed by atoms with Crippen LogP contribution >= 0.6 is 0 Å². The van der Waals surface area contributed by atoms with Crippen LogP contribution in [0.4, 0.5) is 13.2 Å². The summed E-state index contributed by atoms with van der Waals surface area (Å²) in [6.07, 6.45) is -0.872. The van der Waals surface area contributed by atoms with Crippen LogP contribution in [-0.2, 0) is 6.54 Å². The van der Waals surface area contributed by atoms with E-state index in [-0.39, 0.29) is 5.75 Å². The third kappa shape index (κ3) is 5.08. The van der Waals surface area contributed by atoms with Gasteiger partial charge in [0.25, 0.3) is 0 Å². The molecule has 21 heavy (non-hydrogen) atoms. The summed E-state index contributed by atoms with van der Waals surface area (Å²) in [5.41, 5.74) is 1.46. The average Bonchev–Trinajstić information content (AvgIpc) is 2.39. The summed E-state index contributed by atoms with van der Waals surface area (Å²) >= 11 is 0. The van der Waals surface area contributed by atoms with Crippen molar-refractivity contribution in [3.05, 3.63) is 35.9 Å². The molecule has 0 spiro atoms. The topological polar surface area (TPSA) is 12.5 Å². The molecule has 1 aromatic carbocycles. The number of alkyl halides is 3. The minimum Gasteiger partial charge on any atom is -0.406 e. The van der Waals surface area contributed by atoms with Crippen molar-refractivity contribution < 1.29 is 17.9 Å². The van der Waals surface area contributed by atoms with Gasteiger partial charge in [0, 0.05) is 6.54 Å². The van der Waals surface area contributed by atoms with Crippen molar-refractivity contribution in [3.8, 4) is 5.75 Å². The predicted molar refractivity (Wildman–Crippen MR) is 76.9 cm³/mol. The zero-order valence-electron chi connectivity index (χ0n) is 12.1. The van der Waals surface area contributed by atoms with Crippen LogP contribution in [0.1, 0.15) is 30.9 Å². The minimum atomic E-state index is -4.67. The number of benzene rings is 1. The van der Waals surface area contributed by atoms with Crippen LogP contribution in [0.2, 0.25) is 0 Å². The Labute approximate surface area is 123 Å². The molecule has 0 radical (unpaired) electrons. The first-order valence-corrected chi connectivity index (χ1v) is 7.10. The molecule has 5 heteroatoms. The lowest BCUT2D eigenvalue weighted by Crippen LogP contribution is -2.32. The molecule has 1 aliphatic rings. The Kier molecular flexibility index (Phi) is 4.93. The maximum Gasteiger partial charge on any atom is 0.573 e. The third-order valence-corrected chi connectivity index (χ3v) is 3.74. The van der Waals surface area contributed by atoms with E-state index in [2.05, 4.69) is 23.1 Å². The van der Waals surface area contributed by atoms with Gasteiger partial charge < -0.3 is 4.74 Å². The highest BCUT2D eigenvalue weighted by Gasteiger charge is 2.31. The highest BCUT2D eigenvalue weighted by Crippen LogP contribution is 2.27. The molecule has 116 valence electrons. The van der Waals surface area contributed by atoms with Gasteiger partial charge in [-0.05, 0) is 55.1 Å². The Balaban J connectivity index is 2.11. The second-order valence-corrected chi connectivity index (χ2v) is 5.62. The average molecular weight is 299 g/mol. The molecule has 1 fully saturated rings. The fourth-order valence-corrected chi connectivity index (χ4v) is 2.57. The van der Waals surface area contributed by atoms with Gasteiger partial charge in [-0.2, -0.15) is 0 Å². The Bertz CT molecular complexity index is 491. The van der Waals surface area contributed by atoms with Crippen molar-refractivity contribution in [2.75, 3.05) is 13.1 Å². The zero-order chi connectivity index (χ0) is 15.5. The molecule has 0 amide bonds. The first-order valence-electron chi connectivity index (χ1n) is 7.10. The normalized spacial score (nSPS) is 17.7. The SMILES string of the molecule is C=Cc1cc(CN2CCC(C)CC2)cc(OC(F)(F)F)c1. The van der Waals surface area contributed by atoms with E-state index in [1.165, 1.54) is 18.2 Å². The smallest absolute Gasteiger partial charge is 0.406 e. The van der Waals surface area contributed by atoms with Crippen LogP contribution in [0.25, 0.3) is 6.08 Å². The molecule has 0 unspecified atom stereocenters. The summed E-state index contributed by atoms with van der Waals surface area (Å²) in [4.78, 5) is 2.26. The van der Waals surface area contributed by atoms with Crippen LogP contribution in [-0.4, -0.2) is 24.4 Å². The summed E-state index contributed by atoms with van der Waals surface area (Å²) < 4.78 is 41.1. The molecular formula is C16H20F3NO. The van der Waals surface area contributed by atoms with Crippen LogP contribution in [0.5, 0.6) is 5.75 Å². The molecule has 0 N–H and O–H groups in total. The summed E-state index contributed by atoms with van der Waals surface area (Å²) in [6, 6.07) is 4.66. The fourth-order valence-electron chi connectivity index (χ4n) is 2.57. The second kappa shape index (κ2) is 6.52. The van der Waals surface area contributed by atoms with E-state index in [1.807, 2.05) is 6.07 Å². The first-order chi connectivity index (χ1) is 9.85. The standard InChI is InChI=1S/C16H20F3NO/c1-3-13-8-14(10-15(9-13)21-16(17,18)19)11-20-6-4-12(2)5-7-20/h3,8-10,12H,1,4-7,11H2,2H3. The number of hydrogen-bond donors (Lipinski definition) is 0. The lowest BCUT2D eigenvalue weighted by molar-refractivity contribution is -0.274. The number of rotatable bonds is 4. The van der Waals surface area contributed by atoms with Gasteiger partial charge in [-0.3, -0.25) is 4.90 Å². The molecule has 1 saturated heterocycles. The van der Waals surface area contributed by atoms with Gasteiger partial charge in [-0.15, -0.1) is 13.2 Å². The number of nitrogens with zero attached hydrogens (tertiary/aromatic N) is 1. The monoisotopic (exact) mass is 299 g/mol. The molecule has 1 aromatic rings. The van der Waals surface area contributed by atoms with Crippen LogP contribution in [0, 0.1) is 5.92 Å². The predicted octanol–water partition coefficient (Wildman–Crippen LogP) is 4.46. The summed E-state index contributed by atoms with van der Waals surface area (Å²) in [6.45, 7) is 8.45. The van der Waals surface area contributed by atoms with Gasteiger partial charge in [0.1, 0.15) is 5.75 Å². The highest BCUT2D eigenvalue weighted by molar-refractivity contribution is 5.51. The molecule has 0 bridgehead atoms. The molecule has 0 aromatic heterocycles. The van der Waals surface area contributed by atoms with Crippen molar-refractivity contribution in [1.82, 2.24) is 4.90 Å². The number of halogens is 3. The quantitative estimate of drug-likeness (QED) is 0.814. The number of likely N-dealkylation sites (tertiary alicyclic amines) is 1. The number of ether oxygens (including phenoxy) is 1. The van der Waals surface area contributed by atoms with E-state index in [0.29, 0.717) is 12.1 Å². The molecule has 0 atom stereocenters.